The van der Waals surface area contributed by atoms with Crippen molar-refractivity contribution in [2.45, 2.75) is 19.5 Å². The van der Waals surface area contributed by atoms with Gasteiger partial charge in [0, 0.05) is 12.1 Å². The van der Waals surface area contributed by atoms with Crippen LogP contribution >= 0.6 is 0 Å². The van der Waals surface area contributed by atoms with Gasteiger partial charge in [0.25, 0.3) is 11.7 Å². The van der Waals surface area contributed by atoms with Crippen molar-refractivity contribution in [3.05, 3.63) is 101 Å². The number of ketones is 1. The lowest BCUT2D eigenvalue weighted by atomic mass is 9.95. The number of aliphatic hydroxyl groups excluding tert-OH is 1. The molecule has 1 heterocycles. The van der Waals surface area contributed by atoms with Crippen LogP contribution in [0.3, 0.4) is 0 Å². The Labute approximate surface area is 186 Å². The normalized spacial score (nSPS) is 17.5. The molecule has 0 bridgehead atoms. The number of aliphatic hydroxyl groups is 1. The Morgan fingerprint density at radius 1 is 0.969 bits per heavy atom. The summed E-state index contributed by atoms with van der Waals surface area (Å²) in [6, 6.07) is 21.5. The summed E-state index contributed by atoms with van der Waals surface area (Å²) in [5.74, 6) is -1.09. The maximum atomic E-state index is 13.1. The van der Waals surface area contributed by atoms with Crippen LogP contribution in [-0.4, -0.2) is 33.4 Å². The summed E-state index contributed by atoms with van der Waals surface area (Å²) >= 11 is 0. The molecule has 0 radical (unpaired) electrons. The highest BCUT2D eigenvalue weighted by atomic mass is 16.5. The molecule has 1 unspecified atom stereocenters. The molecule has 1 fully saturated rings. The number of nitrogens with zero attached hydrogens (tertiary/aromatic N) is 1. The Bertz CT molecular complexity index is 1170. The summed E-state index contributed by atoms with van der Waals surface area (Å²) in [6.45, 7) is 2.57. The fourth-order valence-electron chi connectivity index (χ4n) is 3.90. The highest BCUT2D eigenvalue weighted by molar-refractivity contribution is 6.46. The minimum atomic E-state index is -0.839. The number of amides is 1. The summed E-state index contributed by atoms with van der Waals surface area (Å²) in [5.41, 5.74) is 1.77. The fourth-order valence-corrected chi connectivity index (χ4v) is 3.90. The molecule has 3 aromatic rings. The van der Waals surface area contributed by atoms with E-state index in [9.17, 15) is 19.8 Å². The number of ether oxygens (including phenoxy) is 1. The number of hydrogen-bond donors (Lipinski definition) is 2. The van der Waals surface area contributed by atoms with Crippen molar-refractivity contribution >= 4 is 17.4 Å². The molecule has 1 aliphatic rings. The van der Waals surface area contributed by atoms with Crippen LogP contribution < -0.4 is 4.74 Å². The van der Waals surface area contributed by atoms with Crippen LogP contribution in [0.2, 0.25) is 0 Å². The molecule has 6 heteroatoms. The van der Waals surface area contributed by atoms with Gasteiger partial charge >= 0.3 is 0 Å². The van der Waals surface area contributed by atoms with Gasteiger partial charge < -0.3 is 19.8 Å². The number of Topliss-reactive ketones (excluding diaryl/α,β-unsaturated/α-hetero) is 1. The predicted molar refractivity (Wildman–Crippen MR) is 120 cm³/mol. The Morgan fingerprint density at radius 3 is 2.34 bits per heavy atom. The van der Waals surface area contributed by atoms with E-state index in [1.54, 1.807) is 36.4 Å². The lowest BCUT2D eigenvalue weighted by Crippen LogP contribution is -2.29. The maximum absolute atomic E-state index is 13.1. The SMILES string of the molecule is CCOc1ccc(C(O)=C2C(=O)C(=O)N(Cc3ccccc3)C2c2cccc(O)c2)cc1. The predicted octanol–water partition coefficient (Wildman–Crippen LogP) is 4.41. The van der Waals surface area contributed by atoms with Crippen molar-refractivity contribution in [3.8, 4) is 11.5 Å². The molecular weight excluding hydrogens is 406 g/mol. The van der Waals surface area contributed by atoms with Gasteiger partial charge in [-0.25, -0.2) is 0 Å². The second-order valence-electron chi connectivity index (χ2n) is 7.46. The monoisotopic (exact) mass is 429 g/mol. The molecule has 0 saturated carbocycles. The molecule has 1 amide bonds. The molecule has 3 aromatic carbocycles. The van der Waals surface area contributed by atoms with Gasteiger partial charge in [-0.2, -0.15) is 0 Å². The smallest absolute Gasteiger partial charge is 0.295 e. The molecule has 1 aliphatic heterocycles. The van der Waals surface area contributed by atoms with Gasteiger partial charge in [0.15, 0.2) is 0 Å². The van der Waals surface area contributed by atoms with Crippen LogP contribution in [0, 0.1) is 0 Å². The van der Waals surface area contributed by atoms with Gasteiger partial charge in [-0.15, -0.1) is 0 Å². The van der Waals surface area contributed by atoms with Crippen molar-refractivity contribution in [2.75, 3.05) is 6.61 Å². The second kappa shape index (κ2) is 8.98. The number of phenols is 1. The third-order valence-electron chi connectivity index (χ3n) is 5.36. The highest BCUT2D eigenvalue weighted by Gasteiger charge is 2.46. The molecule has 4 rings (SSSR count). The third-order valence-corrected chi connectivity index (χ3v) is 5.36. The first-order valence-electron chi connectivity index (χ1n) is 10.3. The largest absolute Gasteiger partial charge is 0.508 e. The Morgan fingerprint density at radius 2 is 1.69 bits per heavy atom. The number of rotatable bonds is 6. The third kappa shape index (κ3) is 4.07. The van der Waals surface area contributed by atoms with E-state index in [1.807, 2.05) is 37.3 Å². The van der Waals surface area contributed by atoms with Gasteiger partial charge in [0.1, 0.15) is 17.3 Å². The van der Waals surface area contributed by atoms with Gasteiger partial charge in [-0.1, -0.05) is 42.5 Å². The van der Waals surface area contributed by atoms with Gasteiger partial charge in [-0.3, -0.25) is 9.59 Å². The molecule has 0 aliphatic carbocycles. The van der Waals surface area contributed by atoms with E-state index in [4.69, 9.17) is 4.74 Å². The second-order valence-corrected chi connectivity index (χ2v) is 7.46. The summed E-state index contributed by atoms with van der Waals surface area (Å²) in [4.78, 5) is 27.5. The molecular formula is C26H23NO5. The van der Waals surface area contributed by atoms with Crippen molar-refractivity contribution < 1.29 is 24.5 Å². The average molecular weight is 429 g/mol. The van der Waals surface area contributed by atoms with Crippen LogP contribution in [0.1, 0.15) is 29.7 Å². The molecule has 0 spiro atoms. The van der Waals surface area contributed by atoms with E-state index >= 15 is 0 Å². The van der Waals surface area contributed by atoms with Crippen LogP contribution in [-0.2, 0) is 16.1 Å². The number of benzene rings is 3. The summed E-state index contributed by atoms with van der Waals surface area (Å²) in [5, 5.41) is 21.1. The maximum Gasteiger partial charge on any atom is 0.295 e. The van der Waals surface area contributed by atoms with E-state index in [2.05, 4.69) is 0 Å². The van der Waals surface area contributed by atoms with Crippen LogP contribution in [0.25, 0.3) is 5.76 Å². The molecule has 162 valence electrons. The van der Waals surface area contributed by atoms with E-state index in [1.165, 1.54) is 17.0 Å². The van der Waals surface area contributed by atoms with E-state index in [0.29, 0.717) is 23.5 Å². The van der Waals surface area contributed by atoms with Crippen molar-refractivity contribution in [1.82, 2.24) is 4.90 Å². The molecule has 6 nitrogen and oxygen atoms in total. The molecule has 0 aromatic heterocycles. The van der Waals surface area contributed by atoms with Crippen LogP contribution in [0.15, 0.2) is 84.4 Å². The Hall–Kier alpha value is -4.06. The molecule has 1 saturated heterocycles. The van der Waals surface area contributed by atoms with Crippen molar-refractivity contribution in [2.24, 2.45) is 0 Å². The Kier molecular flexibility index (Phi) is 5.94. The average Bonchev–Trinajstić information content (AvgIpc) is 3.05. The van der Waals surface area contributed by atoms with E-state index in [0.717, 1.165) is 5.56 Å². The topological polar surface area (TPSA) is 87.1 Å². The number of aromatic hydroxyl groups is 1. The van der Waals surface area contributed by atoms with Gasteiger partial charge in [-0.05, 0) is 54.4 Å². The Balaban J connectivity index is 1.82. The van der Waals surface area contributed by atoms with Gasteiger partial charge in [0.05, 0.1) is 18.2 Å². The minimum Gasteiger partial charge on any atom is -0.508 e. The minimum absolute atomic E-state index is 0.00821. The van der Waals surface area contributed by atoms with E-state index < -0.39 is 17.7 Å². The van der Waals surface area contributed by atoms with Crippen molar-refractivity contribution in [1.29, 1.82) is 0 Å². The standard InChI is InChI=1S/C26H23NO5/c1-2-32-21-13-11-18(12-14-21)24(29)22-23(19-9-6-10-20(28)15-19)27(26(31)25(22)30)16-17-7-4-3-5-8-17/h3-15,23,28-29H,2,16H2,1H3. The molecule has 1 atom stereocenters. The molecule has 2 N–H and O–H groups in total. The lowest BCUT2D eigenvalue weighted by molar-refractivity contribution is -0.140. The van der Waals surface area contributed by atoms with Gasteiger partial charge in [0.2, 0.25) is 0 Å². The highest BCUT2D eigenvalue weighted by Crippen LogP contribution is 2.41. The fraction of sp³-hybridized carbons (Fsp3) is 0.154. The quantitative estimate of drug-likeness (QED) is 0.344. The van der Waals surface area contributed by atoms with Crippen LogP contribution in [0.5, 0.6) is 11.5 Å². The number of carbonyl (C=O) groups excluding carboxylic acids is 2. The zero-order valence-electron chi connectivity index (χ0n) is 17.6. The zero-order chi connectivity index (χ0) is 22.7. The zero-order valence-corrected chi connectivity index (χ0v) is 17.6. The first kappa shape index (κ1) is 21.2. The number of phenolic OH excluding ortho intramolecular Hbond substituents is 1. The first-order valence-corrected chi connectivity index (χ1v) is 10.3. The van der Waals surface area contributed by atoms with E-state index in [-0.39, 0.29) is 23.6 Å². The number of likely N-dealkylation sites (tertiary alicyclic amines) is 1. The lowest BCUT2D eigenvalue weighted by Gasteiger charge is -2.25. The summed E-state index contributed by atoms with van der Waals surface area (Å²) < 4.78 is 5.44. The van der Waals surface area contributed by atoms with Crippen LogP contribution in [0.4, 0.5) is 0 Å². The molecule has 32 heavy (non-hydrogen) atoms. The summed E-state index contributed by atoms with van der Waals surface area (Å²) in [6.07, 6.45) is 0. The first-order chi connectivity index (χ1) is 15.5. The summed E-state index contributed by atoms with van der Waals surface area (Å²) in [7, 11) is 0. The number of carbonyl (C=O) groups is 2. The van der Waals surface area contributed by atoms with Crippen molar-refractivity contribution in [3.63, 3.8) is 0 Å². The number of hydrogen-bond acceptors (Lipinski definition) is 5.